The number of carbonyl (C=O) groups excluding carboxylic acids is 2. The number of aliphatic hydroxyl groups is 1. The zero-order chi connectivity index (χ0) is 22.5. The van der Waals surface area contributed by atoms with E-state index in [0.29, 0.717) is 16.9 Å². The van der Waals surface area contributed by atoms with Gasteiger partial charge >= 0.3 is 12.2 Å². The molecule has 7 nitrogen and oxygen atoms in total. The van der Waals surface area contributed by atoms with E-state index in [1.165, 1.54) is 0 Å². The Morgan fingerprint density at radius 1 is 0.733 bits per heavy atom. The average Bonchev–Trinajstić information content (AvgIpc) is 2.64. The monoisotopic (exact) mass is 414 g/mol. The zero-order valence-corrected chi connectivity index (χ0v) is 18.4. The van der Waals surface area contributed by atoms with Crippen LogP contribution in [0.2, 0.25) is 0 Å². The third-order valence-corrected chi connectivity index (χ3v) is 3.70. The summed E-state index contributed by atoms with van der Waals surface area (Å²) in [6.07, 6.45) is -1.47. The standard InChI is InChI=1S/C23H30N2O5/c1-22(2,3)29-20(27)24(18-10-8-7-9-11-18)25(21(28)30-23(4,5)6)19-14-12-17(16-26)13-15-19/h7-15,26H,16H2,1-6H3. The molecule has 2 aromatic carbocycles. The molecule has 0 atom stereocenters. The summed E-state index contributed by atoms with van der Waals surface area (Å²) in [5, 5.41) is 11.6. The Balaban J connectivity index is 2.60. The molecule has 0 aliphatic rings. The van der Waals surface area contributed by atoms with Gasteiger partial charge in [0.25, 0.3) is 0 Å². The largest absolute Gasteiger partial charge is 0.442 e. The molecule has 0 saturated heterocycles. The van der Waals surface area contributed by atoms with Crippen LogP contribution in [0.5, 0.6) is 0 Å². The van der Waals surface area contributed by atoms with Gasteiger partial charge in [-0.3, -0.25) is 0 Å². The van der Waals surface area contributed by atoms with Crippen molar-refractivity contribution in [2.75, 3.05) is 10.0 Å². The van der Waals surface area contributed by atoms with E-state index in [9.17, 15) is 14.7 Å². The third-order valence-electron chi connectivity index (χ3n) is 3.70. The molecule has 0 bridgehead atoms. The Kier molecular flexibility index (Phi) is 7.10. The lowest BCUT2D eigenvalue weighted by atomic mass is 10.2. The van der Waals surface area contributed by atoms with Crippen molar-refractivity contribution in [2.45, 2.75) is 59.4 Å². The summed E-state index contributed by atoms with van der Waals surface area (Å²) in [5.41, 5.74) is -0.0624. The molecule has 0 aromatic heterocycles. The van der Waals surface area contributed by atoms with Crippen LogP contribution in [-0.2, 0) is 16.1 Å². The molecule has 2 amide bonds. The first kappa shape index (κ1) is 23.2. The number of hydrogen-bond acceptors (Lipinski definition) is 5. The molecule has 0 unspecified atom stereocenters. The molecule has 0 heterocycles. The first-order valence-electron chi connectivity index (χ1n) is 9.72. The molecule has 2 aromatic rings. The highest BCUT2D eigenvalue weighted by atomic mass is 16.6. The second-order valence-electron chi connectivity index (χ2n) is 8.74. The fourth-order valence-corrected chi connectivity index (χ4v) is 2.53. The van der Waals surface area contributed by atoms with Gasteiger partial charge in [0.1, 0.15) is 11.2 Å². The molecule has 0 radical (unpaired) electrons. The van der Waals surface area contributed by atoms with Crippen molar-refractivity contribution < 1.29 is 24.2 Å². The zero-order valence-electron chi connectivity index (χ0n) is 18.4. The van der Waals surface area contributed by atoms with E-state index >= 15 is 0 Å². The molecule has 162 valence electrons. The third kappa shape index (κ3) is 6.49. The Bertz CT molecular complexity index is 852. The number of anilines is 2. The molecule has 0 fully saturated rings. The molecule has 1 N–H and O–H groups in total. The van der Waals surface area contributed by atoms with Crippen LogP contribution in [-0.4, -0.2) is 28.5 Å². The second-order valence-corrected chi connectivity index (χ2v) is 8.74. The Hall–Kier alpha value is -3.06. The van der Waals surface area contributed by atoms with Crippen molar-refractivity contribution in [1.29, 1.82) is 0 Å². The maximum absolute atomic E-state index is 13.2. The minimum absolute atomic E-state index is 0.138. The SMILES string of the molecule is CC(C)(C)OC(=O)N(c1ccccc1)N(C(=O)OC(C)(C)C)c1ccc(CO)cc1. The van der Waals surface area contributed by atoms with Gasteiger partial charge in [0.05, 0.1) is 18.0 Å². The van der Waals surface area contributed by atoms with Gasteiger partial charge in [-0.1, -0.05) is 30.3 Å². The summed E-state index contributed by atoms with van der Waals surface area (Å²) in [7, 11) is 0. The number of hydrazine groups is 1. The van der Waals surface area contributed by atoms with Crippen LogP contribution in [0.25, 0.3) is 0 Å². The highest BCUT2D eigenvalue weighted by Crippen LogP contribution is 2.27. The minimum Gasteiger partial charge on any atom is -0.442 e. The molecule has 7 heteroatoms. The molecule has 0 spiro atoms. The molecular weight excluding hydrogens is 384 g/mol. The smallest absolute Gasteiger partial charge is 0.434 e. The number of ether oxygens (including phenoxy) is 2. The summed E-state index contributed by atoms with van der Waals surface area (Å²) in [4.78, 5) is 26.4. The Morgan fingerprint density at radius 2 is 1.13 bits per heavy atom. The molecular formula is C23H30N2O5. The maximum atomic E-state index is 13.2. The van der Waals surface area contributed by atoms with Crippen LogP contribution in [0.1, 0.15) is 47.1 Å². The number of carbonyl (C=O) groups is 2. The van der Waals surface area contributed by atoms with Crippen LogP contribution >= 0.6 is 0 Å². The quantitative estimate of drug-likeness (QED) is 0.692. The van der Waals surface area contributed by atoms with E-state index in [0.717, 1.165) is 10.0 Å². The fraction of sp³-hybridized carbons (Fsp3) is 0.391. The number of aliphatic hydroxyl groups excluding tert-OH is 1. The number of rotatable bonds is 3. The summed E-state index contributed by atoms with van der Waals surface area (Å²) in [5.74, 6) is 0. The highest BCUT2D eigenvalue weighted by molar-refractivity contribution is 6.01. The van der Waals surface area contributed by atoms with Gasteiger partial charge in [0.15, 0.2) is 0 Å². The molecule has 2 rings (SSSR count). The first-order valence-corrected chi connectivity index (χ1v) is 9.72. The van der Waals surface area contributed by atoms with Gasteiger partial charge in [-0.15, -0.1) is 0 Å². The average molecular weight is 415 g/mol. The number of nitrogens with zero attached hydrogens (tertiary/aromatic N) is 2. The van der Waals surface area contributed by atoms with Crippen LogP contribution in [0.3, 0.4) is 0 Å². The lowest BCUT2D eigenvalue weighted by Gasteiger charge is -2.36. The highest BCUT2D eigenvalue weighted by Gasteiger charge is 2.35. The van der Waals surface area contributed by atoms with E-state index in [1.807, 2.05) is 6.07 Å². The summed E-state index contributed by atoms with van der Waals surface area (Å²) in [6, 6.07) is 15.3. The van der Waals surface area contributed by atoms with Gasteiger partial charge in [-0.2, -0.15) is 10.0 Å². The fourth-order valence-electron chi connectivity index (χ4n) is 2.53. The van der Waals surface area contributed by atoms with Gasteiger partial charge in [0.2, 0.25) is 0 Å². The van der Waals surface area contributed by atoms with E-state index in [2.05, 4.69) is 0 Å². The van der Waals surface area contributed by atoms with Gasteiger partial charge in [0, 0.05) is 0 Å². The Labute approximate surface area is 177 Å². The van der Waals surface area contributed by atoms with Crippen molar-refractivity contribution in [1.82, 2.24) is 0 Å². The van der Waals surface area contributed by atoms with Gasteiger partial charge in [-0.05, 0) is 71.4 Å². The lowest BCUT2D eigenvalue weighted by molar-refractivity contribution is 0.0479. The maximum Gasteiger partial charge on any atom is 0.434 e. The predicted octanol–water partition coefficient (Wildman–Crippen LogP) is 5.28. The summed E-state index contributed by atoms with van der Waals surface area (Å²) < 4.78 is 11.2. The van der Waals surface area contributed by atoms with Crippen LogP contribution < -0.4 is 10.0 Å². The number of para-hydroxylation sites is 1. The van der Waals surface area contributed by atoms with Crippen LogP contribution in [0.4, 0.5) is 21.0 Å². The topological polar surface area (TPSA) is 79.3 Å². The van der Waals surface area contributed by atoms with Crippen molar-refractivity contribution in [3.05, 3.63) is 60.2 Å². The molecule has 0 aliphatic heterocycles. The van der Waals surface area contributed by atoms with E-state index < -0.39 is 23.4 Å². The van der Waals surface area contributed by atoms with E-state index in [4.69, 9.17) is 9.47 Å². The lowest BCUT2D eigenvalue weighted by Crippen LogP contribution is -2.53. The number of amides is 2. The minimum atomic E-state index is -0.781. The molecule has 0 saturated carbocycles. The number of benzene rings is 2. The molecule has 0 aliphatic carbocycles. The summed E-state index contributed by atoms with van der Waals surface area (Å²) >= 11 is 0. The normalized spacial score (nSPS) is 11.6. The van der Waals surface area contributed by atoms with Crippen molar-refractivity contribution >= 4 is 23.6 Å². The molecule has 30 heavy (non-hydrogen) atoms. The van der Waals surface area contributed by atoms with Crippen molar-refractivity contribution in [2.24, 2.45) is 0 Å². The van der Waals surface area contributed by atoms with E-state index in [-0.39, 0.29) is 6.61 Å². The van der Waals surface area contributed by atoms with Gasteiger partial charge in [-0.25, -0.2) is 9.59 Å². The van der Waals surface area contributed by atoms with Gasteiger partial charge < -0.3 is 14.6 Å². The first-order chi connectivity index (χ1) is 13.9. The van der Waals surface area contributed by atoms with Crippen molar-refractivity contribution in [3.63, 3.8) is 0 Å². The Morgan fingerprint density at radius 3 is 1.50 bits per heavy atom. The summed E-state index contributed by atoms with van der Waals surface area (Å²) in [6.45, 7) is 10.4. The van der Waals surface area contributed by atoms with E-state index in [1.54, 1.807) is 90.1 Å². The van der Waals surface area contributed by atoms with Crippen molar-refractivity contribution in [3.8, 4) is 0 Å². The van der Waals surface area contributed by atoms with Crippen LogP contribution in [0.15, 0.2) is 54.6 Å². The predicted molar refractivity (Wildman–Crippen MR) is 116 cm³/mol. The number of hydrogen-bond donors (Lipinski definition) is 1. The second kappa shape index (κ2) is 9.17. The van der Waals surface area contributed by atoms with Crippen LogP contribution in [0, 0.1) is 0 Å².